The SMILES string of the molecule is CCCNC(=O)[C@@H](C)[NH+]1CCN(S(=O)(=O)c2cc(C)ccc2C)CC1. The van der Waals surface area contributed by atoms with Gasteiger partial charge >= 0.3 is 0 Å². The van der Waals surface area contributed by atoms with E-state index in [0.29, 0.717) is 37.6 Å². The zero-order chi connectivity index (χ0) is 18.6. The van der Waals surface area contributed by atoms with E-state index in [9.17, 15) is 13.2 Å². The largest absolute Gasteiger partial charge is 0.351 e. The van der Waals surface area contributed by atoms with Crippen molar-refractivity contribution in [3.8, 4) is 0 Å². The third kappa shape index (κ3) is 4.59. The summed E-state index contributed by atoms with van der Waals surface area (Å²) >= 11 is 0. The van der Waals surface area contributed by atoms with Crippen LogP contribution in [0, 0.1) is 13.8 Å². The fourth-order valence-electron chi connectivity index (χ4n) is 3.16. The number of nitrogens with zero attached hydrogens (tertiary/aromatic N) is 1. The number of aryl methyl sites for hydroxylation is 2. The van der Waals surface area contributed by atoms with Crippen LogP contribution in [0.4, 0.5) is 0 Å². The Morgan fingerprint density at radius 1 is 1.28 bits per heavy atom. The van der Waals surface area contributed by atoms with Gasteiger partial charge in [0.05, 0.1) is 31.1 Å². The number of amides is 1. The van der Waals surface area contributed by atoms with Crippen LogP contribution in [0.3, 0.4) is 0 Å². The molecular weight excluding hydrogens is 338 g/mol. The number of carbonyl (C=O) groups excluding carboxylic acids is 1. The van der Waals surface area contributed by atoms with Crippen LogP contribution in [-0.4, -0.2) is 57.4 Å². The monoisotopic (exact) mass is 368 g/mol. The molecule has 6 nitrogen and oxygen atoms in total. The van der Waals surface area contributed by atoms with E-state index in [-0.39, 0.29) is 11.9 Å². The second-order valence-electron chi connectivity index (χ2n) is 6.84. The molecule has 1 aliphatic rings. The highest BCUT2D eigenvalue weighted by molar-refractivity contribution is 7.89. The molecule has 1 fully saturated rings. The minimum absolute atomic E-state index is 0.0442. The number of benzene rings is 1. The average molecular weight is 369 g/mol. The molecule has 7 heteroatoms. The lowest BCUT2D eigenvalue weighted by Gasteiger charge is -2.34. The molecule has 140 valence electrons. The third-order valence-electron chi connectivity index (χ3n) is 4.88. The van der Waals surface area contributed by atoms with Crippen molar-refractivity contribution >= 4 is 15.9 Å². The fraction of sp³-hybridized carbons (Fsp3) is 0.611. The van der Waals surface area contributed by atoms with Crippen molar-refractivity contribution in [2.75, 3.05) is 32.7 Å². The number of hydrogen-bond acceptors (Lipinski definition) is 3. The number of sulfonamides is 1. The lowest BCUT2D eigenvalue weighted by molar-refractivity contribution is -0.917. The van der Waals surface area contributed by atoms with E-state index in [1.54, 1.807) is 10.4 Å². The van der Waals surface area contributed by atoms with Crippen LogP contribution in [0.1, 0.15) is 31.4 Å². The predicted octanol–water partition coefficient (Wildman–Crippen LogP) is 0.107. The van der Waals surface area contributed by atoms with E-state index in [0.717, 1.165) is 22.4 Å². The van der Waals surface area contributed by atoms with Gasteiger partial charge in [-0.1, -0.05) is 19.1 Å². The molecule has 0 saturated carbocycles. The van der Waals surface area contributed by atoms with Crippen molar-refractivity contribution in [2.45, 2.75) is 45.1 Å². The first-order chi connectivity index (χ1) is 11.8. The van der Waals surface area contributed by atoms with Gasteiger partial charge in [0.2, 0.25) is 10.0 Å². The molecule has 1 heterocycles. The fourth-order valence-corrected chi connectivity index (χ4v) is 4.91. The molecule has 1 aliphatic heterocycles. The molecule has 0 radical (unpaired) electrons. The van der Waals surface area contributed by atoms with Crippen LogP contribution < -0.4 is 10.2 Å². The molecule has 0 aliphatic carbocycles. The van der Waals surface area contributed by atoms with Crippen LogP contribution >= 0.6 is 0 Å². The molecule has 1 atom stereocenters. The number of hydrogen-bond donors (Lipinski definition) is 2. The predicted molar refractivity (Wildman–Crippen MR) is 98.1 cm³/mol. The van der Waals surface area contributed by atoms with Crippen molar-refractivity contribution in [3.63, 3.8) is 0 Å². The Balaban J connectivity index is 2.04. The molecule has 0 bridgehead atoms. The van der Waals surface area contributed by atoms with Crippen LogP contribution in [0.25, 0.3) is 0 Å². The Kier molecular flexibility index (Phi) is 6.59. The Labute approximate surface area is 151 Å². The molecule has 0 spiro atoms. The first kappa shape index (κ1) is 19.9. The highest BCUT2D eigenvalue weighted by Crippen LogP contribution is 2.21. The first-order valence-corrected chi connectivity index (χ1v) is 10.4. The zero-order valence-electron chi connectivity index (χ0n) is 15.6. The lowest BCUT2D eigenvalue weighted by Crippen LogP contribution is -3.19. The van der Waals surface area contributed by atoms with Crippen LogP contribution in [0.15, 0.2) is 23.1 Å². The van der Waals surface area contributed by atoms with Gasteiger partial charge in [0.15, 0.2) is 6.04 Å². The maximum Gasteiger partial charge on any atom is 0.278 e. The van der Waals surface area contributed by atoms with Crippen LogP contribution in [0.2, 0.25) is 0 Å². The second kappa shape index (κ2) is 8.29. The molecule has 1 amide bonds. The molecule has 0 unspecified atom stereocenters. The van der Waals surface area contributed by atoms with Gasteiger partial charge < -0.3 is 10.2 Å². The number of quaternary nitrogens is 1. The number of carbonyl (C=O) groups is 1. The summed E-state index contributed by atoms with van der Waals surface area (Å²) in [5.74, 6) is 0.0442. The first-order valence-electron chi connectivity index (χ1n) is 8.97. The number of rotatable bonds is 6. The van der Waals surface area contributed by atoms with Gasteiger partial charge in [0, 0.05) is 6.54 Å². The summed E-state index contributed by atoms with van der Waals surface area (Å²) in [6.07, 6.45) is 0.912. The molecule has 1 saturated heterocycles. The minimum atomic E-state index is -3.48. The van der Waals surface area contributed by atoms with E-state index >= 15 is 0 Å². The Morgan fingerprint density at radius 3 is 2.52 bits per heavy atom. The van der Waals surface area contributed by atoms with Gasteiger partial charge in [-0.2, -0.15) is 4.31 Å². The standard InChI is InChI=1S/C18H29N3O3S/c1-5-8-19-18(22)16(4)20-9-11-21(12-10-20)25(23,24)17-13-14(2)6-7-15(17)3/h6-7,13,16H,5,8-12H2,1-4H3,(H,19,22)/p+1/t16-/m1/s1. The van der Waals surface area contributed by atoms with Gasteiger partial charge in [0.25, 0.3) is 5.91 Å². The molecular formula is C18H30N3O3S+. The van der Waals surface area contributed by atoms with E-state index < -0.39 is 10.0 Å². The Bertz CT molecular complexity index is 710. The molecule has 2 rings (SSSR count). The van der Waals surface area contributed by atoms with Gasteiger partial charge in [-0.05, 0) is 44.4 Å². The maximum atomic E-state index is 12.9. The summed E-state index contributed by atoms with van der Waals surface area (Å²) in [6, 6.07) is 5.36. The van der Waals surface area contributed by atoms with Crippen molar-refractivity contribution in [3.05, 3.63) is 29.3 Å². The minimum Gasteiger partial charge on any atom is -0.351 e. The highest BCUT2D eigenvalue weighted by Gasteiger charge is 2.34. The molecule has 2 N–H and O–H groups in total. The third-order valence-corrected chi connectivity index (χ3v) is 6.92. The van der Waals surface area contributed by atoms with Gasteiger partial charge in [-0.3, -0.25) is 4.79 Å². The van der Waals surface area contributed by atoms with E-state index in [4.69, 9.17) is 0 Å². The van der Waals surface area contributed by atoms with E-state index in [1.165, 1.54) is 0 Å². The zero-order valence-corrected chi connectivity index (χ0v) is 16.4. The van der Waals surface area contributed by atoms with Crippen molar-refractivity contribution in [2.24, 2.45) is 0 Å². The Morgan fingerprint density at radius 2 is 1.92 bits per heavy atom. The van der Waals surface area contributed by atoms with Crippen molar-refractivity contribution < 1.29 is 18.1 Å². The summed E-state index contributed by atoms with van der Waals surface area (Å²) < 4.78 is 27.4. The quantitative estimate of drug-likeness (QED) is 0.749. The Hall–Kier alpha value is -1.44. The topological polar surface area (TPSA) is 70.9 Å². The van der Waals surface area contributed by atoms with E-state index in [2.05, 4.69) is 5.32 Å². The molecule has 1 aromatic carbocycles. The summed E-state index contributed by atoms with van der Waals surface area (Å²) in [5.41, 5.74) is 1.71. The lowest BCUT2D eigenvalue weighted by atomic mass is 10.2. The van der Waals surface area contributed by atoms with Crippen LogP contribution in [0.5, 0.6) is 0 Å². The van der Waals surface area contributed by atoms with Gasteiger partial charge in [-0.15, -0.1) is 0 Å². The molecule has 0 aromatic heterocycles. The summed E-state index contributed by atoms with van der Waals surface area (Å²) in [7, 11) is -3.48. The van der Waals surface area contributed by atoms with Gasteiger partial charge in [-0.25, -0.2) is 8.42 Å². The van der Waals surface area contributed by atoms with Crippen molar-refractivity contribution in [1.29, 1.82) is 0 Å². The maximum absolute atomic E-state index is 12.9. The normalized spacial score (nSPS) is 18.1. The smallest absolute Gasteiger partial charge is 0.278 e. The average Bonchev–Trinajstić information content (AvgIpc) is 2.61. The summed E-state index contributed by atoms with van der Waals surface area (Å²) in [6.45, 7) is 10.5. The highest BCUT2D eigenvalue weighted by atomic mass is 32.2. The van der Waals surface area contributed by atoms with Gasteiger partial charge in [0.1, 0.15) is 0 Å². The summed E-state index contributed by atoms with van der Waals surface area (Å²) in [4.78, 5) is 13.7. The summed E-state index contributed by atoms with van der Waals surface area (Å²) in [5, 5.41) is 2.92. The number of piperazine rings is 1. The van der Waals surface area contributed by atoms with Crippen molar-refractivity contribution in [1.82, 2.24) is 9.62 Å². The number of nitrogens with one attached hydrogen (secondary N) is 2. The second-order valence-corrected chi connectivity index (χ2v) is 8.75. The van der Waals surface area contributed by atoms with E-state index in [1.807, 2.05) is 39.8 Å². The molecule has 1 aromatic rings. The van der Waals surface area contributed by atoms with Crippen LogP contribution in [-0.2, 0) is 14.8 Å². The molecule has 25 heavy (non-hydrogen) atoms.